The van der Waals surface area contributed by atoms with E-state index in [2.05, 4.69) is 30.8 Å². The lowest BCUT2D eigenvalue weighted by atomic mass is 9.99. The number of anilines is 1. The Bertz CT molecular complexity index is 338. The van der Waals surface area contributed by atoms with Gasteiger partial charge in [0, 0.05) is 12.2 Å². The molecule has 1 aromatic carbocycles. The second-order valence-corrected chi connectivity index (χ2v) is 5.02. The zero-order valence-corrected chi connectivity index (χ0v) is 11.1. The van der Waals surface area contributed by atoms with Crippen molar-refractivity contribution in [2.45, 2.75) is 33.8 Å². The Morgan fingerprint density at radius 3 is 2.22 bits per heavy atom. The van der Waals surface area contributed by atoms with Crippen LogP contribution in [0, 0.1) is 11.8 Å². The van der Waals surface area contributed by atoms with Gasteiger partial charge in [-0.2, -0.15) is 8.78 Å². The van der Waals surface area contributed by atoms with E-state index in [1.165, 1.54) is 6.42 Å². The molecule has 2 nitrogen and oxygen atoms in total. The van der Waals surface area contributed by atoms with Gasteiger partial charge in [-0.25, -0.2) is 0 Å². The summed E-state index contributed by atoms with van der Waals surface area (Å²) in [5.74, 6) is 1.45. The Morgan fingerprint density at radius 1 is 1.11 bits per heavy atom. The summed E-state index contributed by atoms with van der Waals surface area (Å²) in [6.45, 7) is 4.71. The molecule has 0 spiro atoms. The van der Waals surface area contributed by atoms with Gasteiger partial charge in [0.15, 0.2) is 0 Å². The number of ether oxygens (including phenoxy) is 1. The van der Waals surface area contributed by atoms with Crippen molar-refractivity contribution in [3.63, 3.8) is 0 Å². The third-order valence-electron chi connectivity index (χ3n) is 2.61. The molecule has 0 aliphatic rings. The van der Waals surface area contributed by atoms with Gasteiger partial charge in [-0.1, -0.05) is 20.8 Å². The molecule has 1 N–H and O–H groups in total. The predicted molar refractivity (Wildman–Crippen MR) is 70.2 cm³/mol. The van der Waals surface area contributed by atoms with E-state index in [0.717, 1.165) is 12.2 Å². The van der Waals surface area contributed by atoms with Crippen LogP contribution in [0.5, 0.6) is 5.75 Å². The van der Waals surface area contributed by atoms with E-state index < -0.39 is 6.61 Å². The first-order valence-electron chi connectivity index (χ1n) is 6.26. The summed E-state index contributed by atoms with van der Waals surface area (Å²) in [6.07, 6.45) is 1.17. The van der Waals surface area contributed by atoms with Crippen molar-refractivity contribution >= 4 is 5.69 Å². The molecule has 0 fully saturated rings. The Balaban J connectivity index is 2.39. The van der Waals surface area contributed by atoms with Gasteiger partial charge >= 0.3 is 6.61 Å². The van der Waals surface area contributed by atoms with E-state index >= 15 is 0 Å². The van der Waals surface area contributed by atoms with Crippen LogP contribution < -0.4 is 10.1 Å². The summed E-state index contributed by atoms with van der Waals surface area (Å²) >= 11 is 0. The Hall–Kier alpha value is -1.32. The number of nitrogens with one attached hydrogen (secondary N) is 1. The largest absolute Gasteiger partial charge is 0.435 e. The van der Waals surface area contributed by atoms with E-state index in [0.29, 0.717) is 11.8 Å². The second-order valence-electron chi connectivity index (χ2n) is 5.02. The van der Waals surface area contributed by atoms with Crippen LogP contribution in [0.1, 0.15) is 27.2 Å². The minimum Gasteiger partial charge on any atom is -0.435 e. The fourth-order valence-electron chi connectivity index (χ4n) is 1.93. The number of hydrogen-bond acceptors (Lipinski definition) is 2. The van der Waals surface area contributed by atoms with Crippen molar-refractivity contribution in [3.8, 4) is 5.75 Å². The Morgan fingerprint density at radius 2 is 1.72 bits per heavy atom. The van der Waals surface area contributed by atoms with Crippen molar-refractivity contribution in [2.75, 3.05) is 11.9 Å². The zero-order chi connectivity index (χ0) is 13.5. The van der Waals surface area contributed by atoms with Crippen molar-refractivity contribution in [1.82, 2.24) is 0 Å². The van der Waals surface area contributed by atoms with E-state index in [9.17, 15) is 8.78 Å². The highest BCUT2D eigenvalue weighted by Gasteiger charge is 2.06. The molecule has 0 radical (unpaired) electrons. The SMILES string of the molecule is CC(C)CC(C)CNc1ccc(OC(F)F)cc1. The van der Waals surface area contributed by atoms with Crippen LogP contribution >= 0.6 is 0 Å². The minimum atomic E-state index is -2.77. The van der Waals surface area contributed by atoms with Crippen LogP contribution in [-0.2, 0) is 0 Å². The topological polar surface area (TPSA) is 21.3 Å². The average Bonchev–Trinajstić information content (AvgIpc) is 2.26. The second kappa shape index (κ2) is 7.19. The lowest BCUT2D eigenvalue weighted by Gasteiger charge is -2.15. The molecule has 0 saturated heterocycles. The fraction of sp³-hybridized carbons (Fsp3) is 0.571. The van der Waals surface area contributed by atoms with Gasteiger partial charge in [-0.05, 0) is 42.5 Å². The van der Waals surface area contributed by atoms with Gasteiger partial charge in [0.2, 0.25) is 0 Å². The Labute approximate surface area is 107 Å². The van der Waals surface area contributed by atoms with Crippen molar-refractivity contribution in [3.05, 3.63) is 24.3 Å². The molecule has 4 heteroatoms. The minimum absolute atomic E-state index is 0.186. The first-order valence-corrected chi connectivity index (χ1v) is 6.26. The number of benzene rings is 1. The maximum Gasteiger partial charge on any atom is 0.387 e. The van der Waals surface area contributed by atoms with Gasteiger partial charge < -0.3 is 10.1 Å². The van der Waals surface area contributed by atoms with Crippen molar-refractivity contribution in [1.29, 1.82) is 0 Å². The normalized spacial score (nSPS) is 12.8. The maximum atomic E-state index is 12.0. The molecule has 18 heavy (non-hydrogen) atoms. The third kappa shape index (κ3) is 5.84. The van der Waals surface area contributed by atoms with Crippen LogP contribution in [0.15, 0.2) is 24.3 Å². The van der Waals surface area contributed by atoms with Crippen molar-refractivity contribution < 1.29 is 13.5 Å². The highest BCUT2D eigenvalue weighted by molar-refractivity contribution is 5.46. The van der Waals surface area contributed by atoms with Gasteiger partial charge in [0.05, 0.1) is 0 Å². The fourth-order valence-corrected chi connectivity index (χ4v) is 1.93. The maximum absolute atomic E-state index is 12.0. The third-order valence-corrected chi connectivity index (χ3v) is 2.61. The molecule has 102 valence electrons. The first-order chi connectivity index (χ1) is 8.47. The lowest BCUT2D eigenvalue weighted by Crippen LogP contribution is -2.13. The number of halogens is 2. The summed E-state index contributed by atoms with van der Waals surface area (Å²) < 4.78 is 28.2. The highest BCUT2D eigenvalue weighted by atomic mass is 19.3. The lowest BCUT2D eigenvalue weighted by molar-refractivity contribution is -0.0498. The summed E-state index contributed by atoms with van der Waals surface area (Å²) in [7, 11) is 0. The quantitative estimate of drug-likeness (QED) is 0.782. The molecular formula is C14H21F2NO. The van der Waals surface area contributed by atoms with Crippen LogP contribution in [0.25, 0.3) is 0 Å². The molecule has 0 amide bonds. The molecule has 1 aromatic rings. The summed E-state index contributed by atoms with van der Waals surface area (Å²) in [4.78, 5) is 0. The first kappa shape index (κ1) is 14.7. The highest BCUT2D eigenvalue weighted by Crippen LogP contribution is 2.18. The Kier molecular flexibility index (Phi) is 5.89. The molecule has 0 saturated carbocycles. The van der Waals surface area contributed by atoms with Gasteiger partial charge in [0.25, 0.3) is 0 Å². The number of rotatable bonds is 7. The van der Waals surface area contributed by atoms with Gasteiger partial charge in [-0.15, -0.1) is 0 Å². The summed E-state index contributed by atoms with van der Waals surface area (Å²) in [6, 6.07) is 6.59. The van der Waals surface area contributed by atoms with E-state index in [-0.39, 0.29) is 5.75 Å². The van der Waals surface area contributed by atoms with Crippen LogP contribution in [0.2, 0.25) is 0 Å². The van der Waals surface area contributed by atoms with Gasteiger partial charge in [0.1, 0.15) is 5.75 Å². The molecule has 0 aliphatic heterocycles. The van der Waals surface area contributed by atoms with Crippen LogP contribution in [0.3, 0.4) is 0 Å². The standard InChI is InChI=1S/C14H21F2NO/c1-10(2)8-11(3)9-17-12-4-6-13(7-5-12)18-14(15)16/h4-7,10-11,14,17H,8-9H2,1-3H3. The van der Waals surface area contributed by atoms with E-state index in [1.807, 2.05) is 0 Å². The molecule has 1 unspecified atom stereocenters. The van der Waals surface area contributed by atoms with Crippen molar-refractivity contribution in [2.24, 2.45) is 11.8 Å². The summed E-state index contributed by atoms with van der Waals surface area (Å²) in [5, 5.41) is 3.29. The van der Waals surface area contributed by atoms with Crippen LogP contribution in [0.4, 0.5) is 14.5 Å². The predicted octanol–water partition coefficient (Wildman–Crippen LogP) is 4.38. The molecular weight excluding hydrogens is 236 g/mol. The molecule has 0 aliphatic carbocycles. The molecule has 1 atom stereocenters. The number of hydrogen-bond donors (Lipinski definition) is 1. The average molecular weight is 257 g/mol. The molecule has 0 aromatic heterocycles. The summed E-state index contributed by atoms with van der Waals surface area (Å²) in [5.41, 5.74) is 0.923. The molecule has 0 bridgehead atoms. The van der Waals surface area contributed by atoms with Gasteiger partial charge in [-0.3, -0.25) is 0 Å². The zero-order valence-electron chi connectivity index (χ0n) is 11.1. The van der Waals surface area contributed by atoms with E-state index in [4.69, 9.17) is 0 Å². The monoisotopic (exact) mass is 257 g/mol. The number of alkyl halides is 2. The van der Waals surface area contributed by atoms with Crippen LogP contribution in [-0.4, -0.2) is 13.2 Å². The smallest absolute Gasteiger partial charge is 0.387 e. The molecule has 1 rings (SSSR count). The van der Waals surface area contributed by atoms with E-state index in [1.54, 1.807) is 24.3 Å². The molecule has 0 heterocycles.